The van der Waals surface area contributed by atoms with Crippen LogP contribution in [0.2, 0.25) is 0 Å². The van der Waals surface area contributed by atoms with Crippen molar-refractivity contribution in [3.63, 3.8) is 0 Å². The van der Waals surface area contributed by atoms with Crippen LogP contribution in [0.3, 0.4) is 0 Å². The van der Waals surface area contributed by atoms with Gasteiger partial charge in [-0.05, 0) is 0 Å². The molecule has 0 aliphatic carbocycles. The molecule has 0 aliphatic rings. The van der Waals surface area contributed by atoms with Crippen LogP contribution in [0.1, 0.15) is 7.13 Å². The Labute approximate surface area is 174 Å². The van der Waals surface area contributed by atoms with Crippen molar-refractivity contribution in [3.05, 3.63) is 0 Å². The van der Waals surface area contributed by atoms with Crippen molar-refractivity contribution in [2.75, 3.05) is 0 Å². The number of ether oxygens (including phenoxy) is 1. The minimum absolute atomic E-state index is 0. The van der Waals surface area contributed by atoms with Crippen molar-refractivity contribution in [2.24, 2.45) is 0 Å². The summed E-state index contributed by atoms with van der Waals surface area (Å²) in [5, 5.41) is 15.6. The quantitative estimate of drug-likeness (QED) is 0.196. The zero-order valence-electron chi connectivity index (χ0n) is 12.3. The van der Waals surface area contributed by atoms with Gasteiger partial charge in [-0.2, -0.15) is 0 Å². The molecule has 0 aromatic rings. The smallest absolute Gasteiger partial charge is 1.00 e. The number of carboxylic acid groups (broad SMARTS) is 2. The summed E-state index contributed by atoms with van der Waals surface area (Å²) in [5.41, 5.74) is 0. The van der Waals surface area contributed by atoms with Gasteiger partial charge in [-0.1, -0.05) is 0 Å². The van der Waals surface area contributed by atoms with Crippen molar-refractivity contribution >= 4 is 84.7 Å². The Morgan fingerprint density at radius 1 is 0.929 bits per heavy atom. The summed E-state index contributed by atoms with van der Waals surface area (Å²) in [5.74, 6) is -7.89. The van der Waals surface area contributed by atoms with Crippen LogP contribution in [0.25, 0.3) is 0 Å². The second kappa shape index (κ2) is 12.8. The van der Waals surface area contributed by atoms with E-state index in [1.165, 1.54) is 0 Å². The molecule has 0 heterocycles. The molecule has 0 unspecified atom stereocenters. The molecular formula is C4H7CaKMgO7. The van der Waals surface area contributed by atoms with Crippen LogP contribution in [-0.4, -0.2) is 94.9 Å². The SMILES string of the molecule is O=C(O)C(=O)OC(=O)C(=O)O.[Ca+2].[H-].[H-].[H-].[H-].[H-].[K+].[Mg+2]. The summed E-state index contributed by atoms with van der Waals surface area (Å²) >= 11 is 0. The molecule has 70 valence electrons. The van der Waals surface area contributed by atoms with Gasteiger partial charge >= 0.3 is 136 Å². The van der Waals surface area contributed by atoms with Crippen LogP contribution < -0.4 is 51.4 Å². The molecule has 0 rings (SSSR count). The fourth-order valence-electron chi connectivity index (χ4n) is 0.172. The number of carbonyl (C=O) groups is 4. The molecule has 0 radical (unpaired) electrons. The first-order valence-electron chi connectivity index (χ1n) is 2.17. The molecule has 0 spiro atoms. The first-order chi connectivity index (χ1) is 4.95. The Bertz CT molecular complexity index is 234. The van der Waals surface area contributed by atoms with E-state index in [2.05, 4.69) is 4.74 Å². The molecule has 0 atom stereocenters. The largest absolute Gasteiger partial charge is 2.00 e. The first kappa shape index (κ1) is 24.8. The zero-order chi connectivity index (χ0) is 9.02. The van der Waals surface area contributed by atoms with E-state index in [-0.39, 0.29) is 119 Å². The van der Waals surface area contributed by atoms with E-state index in [0.29, 0.717) is 0 Å². The minimum atomic E-state index is -2.03. The molecule has 0 saturated heterocycles. The normalized spacial score (nSPS) is 6.57. The number of hydrogen-bond donors (Lipinski definition) is 2. The molecule has 0 saturated carbocycles. The van der Waals surface area contributed by atoms with Crippen LogP contribution in [0.15, 0.2) is 0 Å². The van der Waals surface area contributed by atoms with Gasteiger partial charge < -0.3 is 22.1 Å². The Kier molecular flexibility index (Phi) is 22.7. The molecular weight excluding hydrogens is 264 g/mol. The molecule has 14 heavy (non-hydrogen) atoms. The molecule has 0 fully saturated rings. The van der Waals surface area contributed by atoms with Gasteiger partial charge in [0.05, 0.1) is 0 Å². The van der Waals surface area contributed by atoms with Crippen LogP contribution in [0, 0.1) is 0 Å². The predicted molar refractivity (Wildman–Crippen MR) is 43.4 cm³/mol. The Balaban J connectivity index is -0.0000000179. The monoisotopic (exact) mass is 270 g/mol. The van der Waals surface area contributed by atoms with E-state index >= 15 is 0 Å². The van der Waals surface area contributed by atoms with E-state index in [0.717, 1.165) is 0 Å². The van der Waals surface area contributed by atoms with E-state index in [9.17, 15) is 19.2 Å². The molecule has 0 aromatic heterocycles. The summed E-state index contributed by atoms with van der Waals surface area (Å²) in [6, 6.07) is 0. The molecule has 7 nitrogen and oxygen atoms in total. The van der Waals surface area contributed by atoms with E-state index in [1.807, 2.05) is 0 Å². The number of carbonyl (C=O) groups excluding carboxylic acids is 2. The third kappa shape index (κ3) is 11.8. The summed E-state index contributed by atoms with van der Waals surface area (Å²) < 4.78 is 3.30. The van der Waals surface area contributed by atoms with Crippen molar-refractivity contribution < 1.29 is 92.6 Å². The van der Waals surface area contributed by atoms with E-state index in [4.69, 9.17) is 10.2 Å². The second-order valence-corrected chi connectivity index (χ2v) is 1.29. The Morgan fingerprint density at radius 2 is 1.14 bits per heavy atom. The molecule has 0 amide bonds. The average molecular weight is 271 g/mol. The summed E-state index contributed by atoms with van der Waals surface area (Å²) in [6.07, 6.45) is 0. The number of rotatable bonds is 0. The molecule has 0 aliphatic heterocycles. The van der Waals surface area contributed by atoms with Gasteiger partial charge in [0.1, 0.15) is 0 Å². The van der Waals surface area contributed by atoms with Crippen molar-refractivity contribution in [2.45, 2.75) is 0 Å². The maximum absolute atomic E-state index is 9.95. The summed E-state index contributed by atoms with van der Waals surface area (Å²) in [7, 11) is 0. The summed E-state index contributed by atoms with van der Waals surface area (Å²) in [4.78, 5) is 39.2. The van der Waals surface area contributed by atoms with Gasteiger partial charge in [-0.25, -0.2) is 19.2 Å². The van der Waals surface area contributed by atoms with Crippen LogP contribution in [-0.2, 0) is 23.9 Å². The van der Waals surface area contributed by atoms with Gasteiger partial charge in [0, 0.05) is 0 Å². The molecule has 2 N–H and O–H groups in total. The van der Waals surface area contributed by atoms with Crippen molar-refractivity contribution in [1.82, 2.24) is 0 Å². The van der Waals surface area contributed by atoms with Gasteiger partial charge in [0.2, 0.25) is 0 Å². The third-order valence-electron chi connectivity index (χ3n) is 0.535. The Hall–Kier alpha value is 1.74. The number of aliphatic carboxylic acids is 2. The van der Waals surface area contributed by atoms with Crippen LogP contribution in [0.4, 0.5) is 0 Å². The van der Waals surface area contributed by atoms with Crippen LogP contribution in [0.5, 0.6) is 0 Å². The van der Waals surface area contributed by atoms with Crippen LogP contribution >= 0.6 is 0 Å². The topological polar surface area (TPSA) is 118 Å². The van der Waals surface area contributed by atoms with Gasteiger partial charge in [-0.15, -0.1) is 0 Å². The number of carboxylic acids is 2. The van der Waals surface area contributed by atoms with Gasteiger partial charge in [-0.3, -0.25) is 0 Å². The number of esters is 2. The average Bonchev–Trinajstić information content (AvgIpc) is 1.87. The minimum Gasteiger partial charge on any atom is -1.00 e. The van der Waals surface area contributed by atoms with Crippen molar-refractivity contribution in [3.8, 4) is 0 Å². The molecule has 0 aromatic carbocycles. The zero-order valence-corrected chi connectivity index (χ0v) is 14.1. The standard InChI is InChI=1S/C4H2O7.Ca.K.Mg.5H/c5-1(6)3(9)11-4(10)2(7)8;;;;;;;;/h(H,5,6)(H,7,8);;;;;;;;/q;+2;+1;+2;5*-1. The number of hydrogen-bond acceptors (Lipinski definition) is 5. The maximum Gasteiger partial charge on any atom is 2.00 e. The fraction of sp³-hybridized carbons (Fsp3) is 0. The molecule has 0 bridgehead atoms. The maximum atomic E-state index is 9.95. The predicted octanol–water partition coefficient (Wildman–Crippen LogP) is -4.97. The fourth-order valence-corrected chi connectivity index (χ4v) is 0.172. The van der Waals surface area contributed by atoms with Gasteiger partial charge in [0.25, 0.3) is 0 Å². The van der Waals surface area contributed by atoms with E-state index in [1.54, 1.807) is 0 Å². The summed E-state index contributed by atoms with van der Waals surface area (Å²) in [6.45, 7) is 0. The first-order valence-corrected chi connectivity index (χ1v) is 2.17. The Morgan fingerprint density at radius 3 is 1.29 bits per heavy atom. The molecule has 10 heteroatoms. The van der Waals surface area contributed by atoms with E-state index < -0.39 is 23.9 Å². The second-order valence-electron chi connectivity index (χ2n) is 1.29. The van der Waals surface area contributed by atoms with Crippen molar-refractivity contribution in [1.29, 1.82) is 0 Å². The third-order valence-corrected chi connectivity index (χ3v) is 0.535. The van der Waals surface area contributed by atoms with Gasteiger partial charge in [0.15, 0.2) is 0 Å².